The van der Waals surface area contributed by atoms with Crippen LogP contribution in [0.1, 0.15) is 103 Å². The SMILES string of the molecule is CC(C)(C)OC(=O)NCCC(=O)NC1CCN(C(=O)c2ccc3c(c2)C(=O)N(C2CCCCC2)C3=O)CC1. The van der Waals surface area contributed by atoms with Crippen molar-refractivity contribution in [2.24, 2.45) is 0 Å². The van der Waals surface area contributed by atoms with Crippen LogP contribution in [0.4, 0.5) is 4.79 Å². The minimum atomic E-state index is -0.597. The van der Waals surface area contributed by atoms with E-state index in [-0.39, 0.29) is 48.7 Å². The molecule has 2 heterocycles. The first-order valence-corrected chi connectivity index (χ1v) is 13.6. The Kier molecular flexibility index (Phi) is 8.38. The minimum absolute atomic E-state index is 0.0577. The molecule has 5 amide bonds. The zero-order chi connectivity index (χ0) is 27.4. The molecule has 1 aliphatic carbocycles. The van der Waals surface area contributed by atoms with Gasteiger partial charge in [0.05, 0.1) is 11.1 Å². The van der Waals surface area contributed by atoms with Crippen LogP contribution in [0.15, 0.2) is 18.2 Å². The number of hydrogen-bond acceptors (Lipinski definition) is 6. The van der Waals surface area contributed by atoms with Gasteiger partial charge in [-0.3, -0.25) is 24.1 Å². The van der Waals surface area contributed by atoms with E-state index in [0.717, 1.165) is 32.1 Å². The maximum absolute atomic E-state index is 13.2. The number of fused-ring (bicyclic) bond motifs is 1. The number of hydrogen-bond donors (Lipinski definition) is 2. The number of amides is 5. The van der Waals surface area contributed by atoms with Gasteiger partial charge >= 0.3 is 6.09 Å². The van der Waals surface area contributed by atoms with E-state index < -0.39 is 11.7 Å². The number of alkyl carbamates (subject to hydrolysis) is 1. The molecule has 1 aromatic carbocycles. The van der Waals surface area contributed by atoms with Crippen molar-refractivity contribution in [3.8, 4) is 0 Å². The second kappa shape index (κ2) is 11.5. The first kappa shape index (κ1) is 27.6. The van der Waals surface area contributed by atoms with Gasteiger partial charge in [0.25, 0.3) is 17.7 Å². The van der Waals surface area contributed by atoms with Crippen LogP contribution < -0.4 is 10.6 Å². The number of rotatable bonds is 6. The molecule has 4 rings (SSSR count). The molecule has 0 aromatic heterocycles. The molecule has 1 saturated heterocycles. The van der Waals surface area contributed by atoms with Crippen LogP contribution in [-0.2, 0) is 9.53 Å². The summed E-state index contributed by atoms with van der Waals surface area (Å²) in [6, 6.07) is 4.67. The summed E-state index contributed by atoms with van der Waals surface area (Å²) < 4.78 is 5.15. The molecule has 0 unspecified atom stereocenters. The molecule has 2 N–H and O–H groups in total. The van der Waals surface area contributed by atoms with Crippen molar-refractivity contribution < 1.29 is 28.7 Å². The maximum atomic E-state index is 13.2. The highest BCUT2D eigenvalue weighted by atomic mass is 16.6. The van der Waals surface area contributed by atoms with Gasteiger partial charge in [0.15, 0.2) is 0 Å². The van der Waals surface area contributed by atoms with Gasteiger partial charge in [0.2, 0.25) is 5.91 Å². The zero-order valence-corrected chi connectivity index (χ0v) is 22.5. The summed E-state index contributed by atoms with van der Waals surface area (Å²) in [5, 5.41) is 5.53. The topological polar surface area (TPSA) is 125 Å². The third kappa shape index (κ3) is 6.52. The lowest BCUT2D eigenvalue weighted by Gasteiger charge is -2.32. The van der Waals surface area contributed by atoms with E-state index in [1.54, 1.807) is 43.9 Å². The van der Waals surface area contributed by atoms with Crippen LogP contribution in [0.2, 0.25) is 0 Å². The van der Waals surface area contributed by atoms with Crippen LogP contribution >= 0.6 is 0 Å². The lowest BCUT2D eigenvalue weighted by Crippen LogP contribution is -2.47. The molecule has 0 bridgehead atoms. The molecule has 1 aromatic rings. The van der Waals surface area contributed by atoms with Crippen molar-refractivity contribution in [2.45, 2.75) is 89.8 Å². The number of nitrogens with zero attached hydrogens (tertiary/aromatic N) is 2. The molecule has 0 atom stereocenters. The molecular formula is C28H38N4O6. The lowest BCUT2D eigenvalue weighted by molar-refractivity contribution is -0.121. The minimum Gasteiger partial charge on any atom is -0.444 e. The zero-order valence-electron chi connectivity index (χ0n) is 22.5. The van der Waals surface area contributed by atoms with Gasteiger partial charge in [-0.05, 0) is 64.7 Å². The van der Waals surface area contributed by atoms with Gasteiger partial charge in [-0.1, -0.05) is 19.3 Å². The molecule has 0 spiro atoms. The molecule has 2 aliphatic heterocycles. The summed E-state index contributed by atoms with van der Waals surface area (Å²) >= 11 is 0. The van der Waals surface area contributed by atoms with Crippen LogP contribution in [-0.4, -0.2) is 76.8 Å². The van der Waals surface area contributed by atoms with Crippen LogP contribution in [0, 0.1) is 0 Å². The van der Waals surface area contributed by atoms with E-state index in [1.807, 2.05) is 0 Å². The van der Waals surface area contributed by atoms with Gasteiger partial charge < -0.3 is 20.3 Å². The normalized spacial score (nSPS) is 18.8. The quantitative estimate of drug-likeness (QED) is 0.548. The average molecular weight is 527 g/mol. The number of piperidine rings is 1. The van der Waals surface area contributed by atoms with Gasteiger partial charge in [0.1, 0.15) is 5.60 Å². The fraction of sp³-hybridized carbons (Fsp3) is 0.607. The number of ether oxygens (including phenoxy) is 1. The molecular weight excluding hydrogens is 488 g/mol. The van der Waals surface area contributed by atoms with Gasteiger partial charge in [0, 0.05) is 43.7 Å². The highest BCUT2D eigenvalue weighted by Gasteiger charge is 2.40. The first-order chi connectivity index (χ1) is 18.0. The Morgan fingerprint density at radius 3 is 2.26 bits per heavy atom. The van der Waals surface area contributed by atoms with E-state index in [9.17, 15) is 24.0 Å². The summed E-state index contributed by atoms with van der Waals surface area (Å²) in [7, 11) is 0. The van der Waals surface area contributed by atoms with E-state index in [0.29, 0.717) is 42.6 Å². The van der Waals surface area contributed by atoms with Crippen molar-refractivity contribution in [1.82, 2.24) is 20.4 Å². The largest absolute Gasteiger partial charge is 0.444 e. The number of likely N-dealkylation sites (tertiary alicyclic amines) is 1. The Hall–Kier alpha value is -3.43. The average Bonchev–Trinajstić information content (AvgIpc) is 3.12. The molecule has 2 fully saturated rings. The number of benzene rings is 1. The third-order valence-electron chi connectivity index (χ3n) is 7.27. The van der Waals surface area contributed by atoms with E-state index in [1.165, 1.54) is 4.90 Å². The van der Waals surface area contributed by atoms with Crippen LogP contribution in [0.3, 0.4) is 0 Å². The monoisotopic (exact) mass is 526 g/mol. The van der Waals surface area contributed by atoms with Crippen molar-refractivity contribution in [3.63, 3.8) is 0 Å². The van der Waals surface area contributed by atoms with Crippen molar-refractivity contribution in [2.75, 3.05) is 19.6 Å². The fourth-order valence-corrected chi connectivity index (χ4v) is 5.36. The summed E-state index contributed by atoms with van der Waals surface area (Å²) in [5.74, 6) is -0.909. The van der Waals surface area contributed by atoms with Crippen molar-refractivity contribution >= 4 is 29.7 Å². The maximum Gasteiger partial charge on any atom is 0.407 e. The summed E-state index contributed by atoms with van der Waals surface area (Å²) in [5.41, 5.74) is 0.485. The van der Waals surface area contributed by atoms with Gasteiger partial charge in [-0.15, -0.1) is 0 Å². The Labute approximate surface area is 223 Å². The predicted octanol–water partition coefficient (Wildman–Crippen LogP) is 3.25. The van der Waals surface area contributed by atoms with E-state index in [2.05, 4.69) is 10.6 Å². The van der Waals surface area contributed by atoms with E-state index in [4.69, 9.17) is 4.74 Å². The summed E-state index contributed by atoms with van der Waals surface area (Å²) in [4.78, 5) is 66.3. The van der Waals surface area contributed by atoms with Gasteiger partial charge in [-0.25, -0.2) is 4.79 Å². The standard InChI is InChI=1S/C28H38N4O6/c1-28(2,3)38-27(37)29-14-11-23(33)30-19-12-15-31(16-13-19)24(34)18-9-10-21-22(17-18)26(36)32(25(21)35)20-7-5-4-6-8-20/h9-10,17,19-20H,4-8,11-16H2,1-3H3,(H,29,37)(H,30,33). The second-order valence-electron chi connectivity index (χ2n) is 11.3. The number of carbonyl (C=O) groups is 5. The van der Waals surface area contributed by atoms with Crippen LogP contribution in [0.5, 0.6) is 0 Å². The third-order valence-corrected chi connectivity index (χ3v) is 7.27. The molecule has 38 heavy (non-hydrogen) atoms. The number of carbonyl (C=O) groups excluding carboxylic acids is 5. The summed E-state index contributed by atoms with van der Waals surface area (Å²) in [6.45, 7) is 6.43. The number of nitrogens with one attached hydrogen (secondary N) is 2. The number of imide groups is 1. The molecule has 10 heteroatoms. The smallest absolute Gasteiger partial charge is 0.407 e. The Morgan fingerprint density at radius 2 is 1.61 bits per heavy atom. The second-order valence-corrected chi connectivity index (χ2v) is 11.3. The Bertz CT molecular complexity index is 1100. The molecule has 206 valence electrons. The Balaban J connectivity index is 1.25. The lowest BCUT2D eigenvalue weighted by atomic mass is 9.94. The van der Waals surface area contributed by atoms with Crippen molar-refractivity contribution in [1.29, 1.82) is 0 Å². The molecule has 0 radical (unpaired) electrons. The highest BCUT2D eigenvalue weighted by molar-refractivity contribution is 6.22. The molecule has 1 saturated carbocycles. The van der Waals surface area contributed by atoms with E-state index >= 15 is 0 Å². The summed E-state index contributed by atoms with van der Waals surface area (Å²) in [6.07, 6.45) is 5.62. The fourth-order valence-electron chi connectivity index (χ4n) is 5.36. The molecule has 10 nitrogen and oxygen atoms in total. The van der Waals surface area contributed by atoms with Crippen LogP contribution in [0.25, 0.3) is 0 Å². The highest BCUT2D eigenvalue weighted by Crippen LogP contribution is 2.31. The van der Waals surface area contributed by atoms with Gasteiger partial charge in [-0.2, -0.15) is 0 Å². The predicted molar refractivity (Wildman–Crippen MR) is 140 cm³/mol. The Morgan fingerprint density at radius 1 is 0.947 bits per heavy atom. The first-order valence-electron chi connectivity index (χ1n) is 13.6. The molecule has 3 aliphatic rings. The van der Waals surface area contributed by atoms with Crippen molar-refractivity contribution in [3.05, 3.63) is 34.9 Å².